The van der Waals surface area contributed by atoms with E-state index in [9.17, 15) is 19.2 Å². The van der Waals surface area contributed by atoms with E-state index in [1.165, 1.54) is 19.1 Å². The second-order valence-electron chi connectivity index (χ2n) is 9.43. The highest BCUT2D eigenvalue weighted by Crippen LogP contribution is 2.24. The molecule has 0 aliphatic rings. The average Bonchev–Trinajstić information content (AvgIpc) is 2.67. The first-order valence-electron chi connectivity index (χ1n) is 10.8. The highest BCUT2D eigenvalue weighted by molar-refractivity contribution is 5.93. The van der Waals surface area contributed by atoms with Crippen LogP contribution in [0, 0.1) is 19.8 Å². The Morgan fingerprint density at radius 1 is 1.03 bits per heavy atom. The van der Waals surface area contributed by atoms with Crippen molar-refractivity contribution in [3.8, 4) is 0 Å². The molecular formula is C24H37N3O6. The van der Waals surface area contributed by atoms with Crippen molar-refractivity contribution in [3.05, 3.63) is 34.9 Å². The fourth-order valence-electron chi connectivity index (χ4n) is 3.34. The van der Waals surface area contributed by atoms with Crippen LogP contribution < -0.4 is 10.6 Å². The molecule has 9 heteroatoms. The number of methoxy groups -OCH3 is 1. The summed E-state index contributed by atoms with van der Waals surface area (Å²) in [5, 5.41) is 5.15. The predicted molar refractivity (Wildman–Crippen MR) is 124 cm³/mol. The van der Waals surface area contributed by atoms with Crippen molar-refractivity contribution in [2.45, 2.75) is 66.2 Å². The minimum absolute atomic E-state index is 0.273. The molecule has 0 saturated carbocycles. The second-order valence-corrected chi connectivity index (χ2v) is 9.43. The maximum atomic E-state index is 13.5. The van der Waals surface area contributed by atoms with E-state index in [0.717, 1.165) is 11.1 Å². The number of benzene rings is 1. The summed E-state index contributed by atoms with van der Waals surface area (Å²) in [7, 11) is 2.72. The first-order valence-corrected chi connectivity index (χ1v) is 10.8. The van der Waals surface area contributed by atoms with Gasteiger partial charge in [-0.3, -0.25) is 14.4 Å². The van der Waals surface area contributed by atoms with Crippen molar-refractivity contribution in [1.82, 2.24) is 15.5 Å². The van der Waals surface area contributed by atoms with Gasteiger partial charge in [0.1, 0.15) is 24.2 Å². The van der Waals surface area contributed by atoms with Crippen molar-refractivity contribution in [2.24, 2.45) is 5.92 Å². The van der Waals surface area contributed by atoms with Crippen LogP contribution in [0.4, 0.5) is 4.79 Å². The molecule has 9 nitrogen and oxygen atoms in total. The van der Waals surface area contributed by atoms with E-state index in [-0.39, 0.29) is 12.5 Å². The molecule has 2 unspecified atom stereocenters. The largest absolute Gasteiger partial charge is 0.468 e. The number of amides is 3. The highest BCUT2D eigenvalue weighted by Gasteiger charge is 2.35. The van der Waals surface area contributed by atoms with E-state index in [0.29, 0.717) is 5.56 Å². The van der Waals surface area contributed by atoms with Crippen LogP contribution >= 0.6 is 0 Å². The van der Waals surface area contributed by atoms with Crippen molar-refractivity contribution >= 4 is 23.9 Å². The lowest BCUT2D eigenvalue weighted by Gasteiger charge is -2.33. The number of esters is 1. The van der Waals surface area contributed by atoms with Crippen molar-refractivity contribution in [2.75, 3.05) is 20.7 Å². The Hall–Kier alpha value is -3.10. The lowest BCUT2D eigenvalue weighted by molar-refractivity contribution is -0.144. The molecule has 1 rings (SSSR count). The second kappa shape index (κ2) is 11.7. The van der Waals surface area contributed by atoms with Gasteiger partial charge in [0.2, 0.25) is 11.8 Å². The molecule has 0 radical (unpaired) electrons. The Morgan fingerprint density at radius 3 is 2.03 bits per heavy atom. The van der Waals surface area contributed by atoms with Crippen LogP contribution in [-0.2, 0) is 23.9 Å². The molecule has 2 N–H and O–H groups in total. The van der Waals surface area contributed by atoms with E-state index >= 15 is 0 Å². The van der Waals surface area contributed by atoms with Gasteiger partial charge in [-0.25, -0.2) is 4.79 Å². The first kappa shape index (κ1) is 27.9. The van der Waals surface area contributed by atoms with Crippen molar-refractivity contribution in [1.29, 1.82) is 0 Å². The predicted octanol–water partition coefficient (Wildman–Crippen LogP) is 2.64. The fraction of sp³-hybridized carbons (Fsp3) is 0.583. The van der Waals surface area contributed by atoms with Gasteiger partial charge in [-0.1, -0.05) is 43.2 Å². The Morgan fingerprint density at radius 2 is 1.58 bits per heavy atom. The van der Waals surface area contributed by atoms with Gasteiger partial charge < -0.3 is 25.0 Å². The number of aryl methyl sites for hydroxylation is 2. The zero-order valence-corrected chi connectivity index (χ0v) is 21.1. The molecule has 0 spiro atoms. The maximum Gasteiger partial charge on any atom is 0.408 e. The summed E-state index contributed by atoms with van der Waals surface area (Å²) in [5.41, 5.74) is 1.70. The zero-order valence-electron chi connectivity index (χ0n) is 21.1. The van der Waals surface area contributed by atoms with E-state index in [1.807, 2.05) is 32.0 Å². The van der Waals surface area contributed by atoms with E-state index in [2.05, 4.69) is 15.4 Å². The van der Waals surface area contributed by atoms with Crippen LogP contribution in [0.15, 0.2) is 18.2 Å². The van der Waals surface area contributed by atoms with Crippen LogP contribution in [0.5, 0.6) is 0 Å². The topological polar surface area (TPSA) is 114 Å². The molecular weight excluding hydrogens is 426 g/mol. The summed E-state index contributed by atoms with van der Waals surface area (Å²) < 4.78 is 9.89. The Labute approximate surface area is 196 Å². The lowest BCUT2D eigenvalue weighted by atomic mass is 9.97. The molecule has 3 amide bonds. The number of likely N-dealkylation sites (N-methyl/N-ethyl adjacent to an activating group) is 1. The minimum Gasteiger partial charge on any atom is -0.468 e. The van der Waals surface area contributed by atoms with Crippen LogP contribution in [0.2, 0.25) is 0 Å². The highest BCUT2D eigenvalue weighted by atomic mass is 16.6. The smallest absolute Gasteiger partial charge is 0.408 e. The normalized spacial score (nSPS) is 13.0. The molecule has 0 bridgehead atoms. The Balaban J connectivity index is 3.28. The molecule has 33 heavy (non-hydrogen) atoms. The number of alkyl carbamates (subject to hydrolysis) is 1. The standard InChI is InChI=1S/C24H37N3O6/c1-14(2)19(26-23(31)33-24(5,6)7)22(30)27(8)20(21(29)25-13-18(28)32-9)17-11-15(3)10-16(4)12-17/h10-12,14,19-20H,13H2,1-9H3,(H,25,29)(H,26,31). The minimum atomic E-state index is -1.03. The van der Waals surface area contributed by atoms with Crippen LogP contribution in [-0.4, -0.2) is 61.1 Å². The number of nitrogens with zero attached hydrogens (tertiary/aromatic N) is 1. The Bertz CT molecular complexity index is 855. The molecule has 184 valence electrons. The Kier molecular flexibility index (Phi) is 9.88. The van der Waals surface area contributed by atoms with Gasteiger partial charge in [0.05, 0.1) is 7.11 Å². The van der Waals surface area contributed by atoms with Crippen LogP contribution in [0.3, 0.4) is 0 Å². The molecule has 1 aromatic rings. The molecule has 0 aromatic heterocycles. The molecule has 0 fully saturated rings. The maximum absolute atomic E-state index is 13.5. The summed E-state index contributed by atoms with van der Waals surface area (Å²) in [6, 6.07) is 3.62. The summed E-state index contributed by atoms with van der Waals surface area (Å²) in [4.78, 5) is 51.7. The van der Waals surface area contributed by atoms with Gasteiger partial charge in [-0.05, 0) is 46.1 Å². The molecule has 0 heterocycles. The summed E-state index contributed by atoms with van der Waals surface area (Å²) in [6.45, 7) is 12.2. The van der Waals surface area contributed by atoms with Gasteiger partial charge in [0, 0.05) is 7.05 Å². The van der Waals surface area contributed by atoms with E-state index < -0.39 is 41.6 Å². The van der Waals surface area contributed by atoms with Gasteiger partial charge in [-0.15, -0.1) is 0 Å². The molecule has 2 atom stereocenters. The monoisotopic (exact) mass is 463 g/mol. The van der Waals surface area contributed by atoms with Gasteiger partial charge in [-0.2, -0.15) is 0 Å². The molecule has 0 saturated heterocycles. The number of nitrogens with one attached hydrogen (secondary N) is 2. The summed E-state index contributed by atoms with van der Waals surface area (Å²) in [6.07, 6.45) is -0.721. The average molecular weight is 464 g/mol. The third-order valence-corrected chi connectivity index (χ3v) is 4.78. The fourth-order valence-corrected chi connectivity index (χ4v) is 3.34. The van der Waals surface area contributed by atoms with E-state index in [1.54, 1.807) is 34.6 Å². The SMILES string of the molecule is COC(=O)CNC(=O)C(c1cc(C)cc(C)c1)N(C)C(=O)C(NC(=O)OC(C)(C)C)C(C)C. The summed E-state index contributed by atoms with van der Waals surface area (Å²) >= 11 is 0. The number of rotatable bonds is 8. The van der Waals surface area contributed by atoms with Crippen LogP contribution in [0.25, 0.3) is 0 Å². The van der Waals surface area contributed by atoms with Gasteiger partial charge >= 0.3 is 12.1 Å². The number of hydrogen-bond donors (Lipinski definition) is 2. The van der Waals surface area contributed by atoms with Gasteiger partial charge in [0.25, 0.3) is 0 Å². The zero-order chi connectivity index (χ0) is 25.5. The molecule has 0 aliphatic carbocycles. The number of carbonyl (C=O) groups excluding carboxylic acids is 4. The van der Waals surface area contributed by atoms with Crippen molar-refractivity contribution < 1.29 is 28.7 Å². The molecule has 1 aromatic carbocycles. The van der Waals surface area contributed by atoms with Crippen LogP contribution in [0.1, 0.15) is 57.4 Å². The van der Waals surface area contributed by atoms with Gasteiger partial charge in [0.15, 0.2) is 0 Å². The molecule has 0 aliphatic heterocycles. The first-order chi connectivity index (χ1) is 15.2. The lowest BCUT2D eigenvalue weighted by Crippen LogP contribution is -2.53. The third kappa shape index (κ3) is 8.75. The van der Waals surface area contributed by atoms with E-state index in [4.69, 9.17) is 4.74 Å². The number of carbonyl (C=O) groups is 4. The quantitative estimate of drug-likeness (QED) is 0.573. The number of hydrogen-bond acceptors (Lipinski definition) is 6. The van der Waals surface area contributed by atoms with Crippen molar-refractivity contribution in [3.63, 3.8) is 0 Å². The third-order valence-electron chi connectivity index (χ3n) is 4.78. The number of ether oxygens (including phenoxy) is 2. The summed E-state index contributed by atoms with van der Waals surface area (Å²) in [5.74, 6) is -1.89.